The van der Waals surface area contributed by atoms with E-state index in [-0.39, 0.29) is 17.2 Å². The summed E-state index contributed by atoms with van der Waals surface area (Å²) >= 11 is 5.93. The molecule has 0 radical (unpaired) electrons. The number of nitrogens with one attached hydrogen (secondary N) is 1. The second kappa shape index (κ2) is 11.1. The average Bonchev–Trinajstić information content (AvgIpc) is 3.21. The van der Waals surface area contributed by atoms with Crippen LogP contribution in [0.5, 0.6) is 0 Å². The van der Waals surface area contributed by atoms with Crippen molar-refractivity contribution in [2.24, 2.45) is 10.7 Å². The van der Waals surface area contributed by atoms with Crippen LogP contribution in [0.3, 0.4) is 0 Å². The molecule has 0 unspecified atom stereocenters. The third-order valence-electron chi connectivity index (χ3n) is 4.43. The standard InChI is InChI=1S/C21H24ClF3N4O4S/c1-29(2)9-10-33-17(30)12-27-19(18(22)20(26)21(23,24)25)16-8-7-15(28-16)13-5-4-6-14(11-13)34(3,31)32/h4-8,11,28H,9-10,12,26H2,1-3H3. The fourth-order valence-electron chi connectivity index (χ4n) is 2.65. The van der Waals surface area contributed by atoms with Gasteiger partial charge in [0.15, 0.2) is 9.84 Å². The fourth-order valence-corrected chi connectivity index (χ4v) is 3.59. The number of esters is 1. The lowest BCUT2D eigenvalue weighted by atomic mass is 10.2. The maximum Gasteiger partial charge on any atom is 0.432 e. The van der Waals surface area contributed by atoms with Gasteiger partial charge in [0.25, 0.3) is 0 Å². The predicted molar refractivity (Wildman–Crippen MR) is 123 cm³/mol. The molecule has 8 nitrogen and oxygen atoms in total. The molecule has 0 saturated heterocycles. The van der Waals surface area contributed by atoms with Crippen molar-refractivity contribution in [1.29, 1.82) is 0 Å². The minimum atomic E-state index is -4.93. The van der Waals surface area contributed by atoms with Gasteiger partial charge in [-0.2, -0.15) is 13.2 Å². The Labute approximate surface area is 200 Å². The summed E-state index contributed by atoms with van der Waals surface area (Å²) in [5.74, 6) is -0.762. The lowest BCUT2D eigenvalue weighted by molar-refractivity contribution is -0.142. The van der Waals surface area contributed by atoms with Gasteiger partial charge in [-0.25, -0.2) is 8.42 Å². The Morgan fingerprint density at radius 2 is 1.91 bits per heavy atom. The number of sulfone groups is 1. The summed E-state index contributed by atoms with van der Waals surface area (Å²) in [7, 11) is 0.0842. The maximum absolute atomic E-state index is 13.2. The van der Waals surface area contributed by atoms with E-state index >= 15 is 0 Å². The summed E-state index contributed by atoms with van der Waals surface area (Å²) in [4.78, 5) is 20.6. The van der Waals surface area contributed by atoms with Crippen molar-refractivity contribution in [2.45, 2.75) is 11.1 Å². The third-order valence-corrected chi connectivity index (χ3v) is 5.92. The zero-order chi connectivity index (χ0) is 25.7. The van der Waals surface area contributed by atoms with E-state index in [2.05, 4.69) is 9.98 Å². The predicted octanol–water partition coefficient (Wildman–Crippen LogP) is 2.95. The van der Waals surface area contributed by atoms with Gasteiger partial charge < -0.3 is 20.4 Å². The van der Waals surface area contributed by atoms with Crippen LogP contribution in [0, 0.1) is 0 Å². The van der Waals surface area contributed by atoms with Gasteiger partial charge in [-0.3, -0.25) is 9.79 Å². The number of rotatable bonds is 9. The summed E-state index contributed by atoms with van der Waals surface area (Å²) in [6, 6.07) is 8.87. The van der Waals surface area contributed by atoms with Gasteiger partial charge in [0, 0.05) is 18.5 Å². The molecule has 13 heteroatoms. The van der Waals surface area contributed by atoms with Crippen molar-refractivity contribution in [3.8, 4) is 11.3 Å². The number of nitrogens with zero attached hydrogens (tertiary/aromatic N) is 2. The van der Waals surface area contributed by atoms with E-state index < -0.39 is 45.0 Å². The van der Waals surface area contributed by atoms with Gasteiger partial charge >= 0.3 is 12.1 Å². The van der Waals surface area contributed by atoms with E-state index in [1.807, 2.05) is 0 Å². The molecule has 0 aliphatic rings. The number of hydrogen-bond donors (Lipinski definition) is 2. The Morgan fingerprint density at radius 3 is 2.50 bits per heavy atom. The lowest BCUT2D eigenvalue weighted by Gasteiger charge is -2.12. The molecule has 2 aromatic rings. The molecule has 2 rings (SSSR count). The molecule has 186 valence electrons. The minimum Gasteiger partial charge on any atom is -0.463 e. The van der Waals surface area contributed by atoms with E-state index in [0.29, 0.717) is 17.8 Å². The molecule has 1 aromatic carbocycles. The maximum atomic E-state index is 13.2. The molecule has 0 spiro atoms. The second-order valence-corrected chi connectivity index (χ2v) is 9.89. The van der Waals surface area contributed by atoms with Crippen molar-refractivity contribution in [3.63, 3.8) is 0 Å². The van der Waals surface area contributed by atoms with Gasteiger partial charge in [-0.1, -0.05) is 23.7 Å². The number of benzene rings is 1. The Bertz CT molecular complexity index is 1200. The van der Waals surface area contributed by atoms with Crippen LogP contribution in [-0.4, -0.2) is 76.2 Å². The first-order valence-corrected chi connectivity index (χ1v) is 12.0. The van der Waals surface area contributed by atoms with E-state index in [4.69, 9.17) is 22.1 Å². The smallest absolute Gasteiger partial charge is 0.432 e. The Balaban J connectivity index is 2.43. The largest absolute Gasteiger partial charge is 0.463 e. The number of aromatic nitrogens is 1. The highest BCUT2D eigenvalue weighted by atomic mass is 35.5. The highest BCUT2D eigenvalue weighted by Gasteiger charge is 2.35. The minimum absolute atomic E-state index is 0.0399. The summed E-state index contributed by atoms with van der Waals surface area (Å²) in [6.07, 6.45) is -3.87. The molecular weight excluding hydrogens is 497 g/mol. The molecule has 1 aromatic heterocycles. The van der Waals surface area contributed by atoms with Crippen LogP contribution in [0.2, 0.25) is 0 Å². The van der Waals surface area contributed by atoms with Crippen molar-refractivity contribution in [1.82, 2.24) is 9.88 Å². The Morgan fingerprint density at radius 1 is 1.24 bits per heavy atom. The Hall–Kier alpha value is -2.83. The molecule has 0 amide bonds. The zero-order valence-electron chi connectivity index (χ0n) is 18.6. The molecule has 0 bridgehead atoms. The number of nitrogens with two attached hydrogens (primary N) is 1. The first-order chi connectivity index (χ1) is 15.7. The van der Waals surface area contributed by atoms with E-state index in [9.17, 15) is 26.4 Å². The van der Waals surface area contributed by atoms with Gasteiger partial charge in [-0.15, -0.1) is 0 Å². The number of likely N-dealkylation sites (N-methyl/N-ethyl adjacent to an activating group) is 1. The zero-order valence-corrected chi connectivity index (χ0v) is 20.2. The lowest BCUT2D eigenvalue weighted by Crippen LogP contribution is -2.24. The number of carbonyl (C=O) groups is 1. The van der Waals surface area contributed by atoms with Crippen LogP contribution in [-0.2, 0) is 19.4 Å². The molecule has 1 heterocycles. The molecule has 0 saturated carbocycles. The number of halogens is 4. The highest BCUT2D eigenvalue weighted by Crippen LogP contribution is 2.29. The summed E-state index contributed by atoms with van der Waals surface area (Å²) < 4.78 is 68.1. The summed E-state index contributed by atoms with van der Waals surface area (Å²) in [5.41, 5.74) is 4.09. The van der Waals surface area contributed by atoms with Crippen LogP contribution >= 0.6 is 11.6 Å². The first kappa shape index (κ1) is 27.4. The molecule has 0 fully saturated rings. The van der Waals surface area contributed by atoms with Crippen LogP contribution in [0.1, 0.15) is 5.69 Å². The number of aliphatic imine (C=N–C) groups is 1. The van der Waals surface area contributed by atoms with E-state index in [1.165, 1.54) is 30.3 Å². The molecule has 0 aliphatic carbocycles. The van der Waals surface area contributed by atoms with Crippen molar-refractivity contribution in [2.75, 3.05) is 40.0 Å². The topological polar surface area (TPSA) is 118 Å². The third kappa shape index (κ3) is 7.61. The highest BCUT2D eigenvalue weighted by molar-refractivity contribution is 7.90. The van der Waals surface area contributed by atoms with Gasteiger partial charge in [0.1, 0.15) is 24.6 Å². The van der Waals surface area contributed by atoms with Crippen molar-refractivity contribution >= 4 is 33.1 Å². The molecule has 3 N–H and O–H groups in total. The summed E-state index contributed by atoms with van der Waals surface area (Å²) in [6.45, 7) is -0.0627. The number of carbonyl (C=O) groups excluding carboxylic acids is 1. The van der Waals surface area contributed by atoms with Gasteiger partial charge in [0.05, 0.1) is 15.6 Å². The van der Waals surface area contributed by atoms with Crippen LogP contribution < -0.4 is 5.73 Å². The van der Waals surface area contributed by atoms with Gasteiger partial charge in [0.2, 0.25) is 0 Å². The van der Waals surface area contributed by atoms with Gasteiger partial charge in [-0.05, 0) is 43.9 Å². The van der Waals surface area contributed by atoms with Crippen LogP contribution in [0.15, 0.2) is 57.0 Å². The number of H-pyrrole nitrogens is 1. The number of hydrogen-bond acceptors (Lipinski definition) is 7. The SMILES string of the molecule is CN(C)CCOC(=O)CN=C(C(Cl)=C(N)C(F)(F)F)c1ccc(-c2cccc(S(C)(=O)=O)c2)[nH]1. The normalized spacial score (nSPS) is 13.7. The summed E-state index contributed by atoms with van der Waals surface area (Å²) in [5, 5.41) is -0.896. The molecular formula is C21H24ClF3N4O4S. The molecule has 0 atom stereocenters. The van der Waals surface area contributed by atoms with Crippen molar-refractivity contribution in [3.05, 3.63) is 52.8 Å². The number of alkyl halides is 3. The monoisotopic (exact) mass is 520 g/mol. The fraction of sp³-hybridized carbons (Fsp3) is 0.333. The number of aromatic amines is 1. The Kier molecular flexibility index (Phi) is 8.92. The van der Waals surface area contributed by atoms with E-state index in [0.717, 1.165) is 6.26 Å². The van der Waals surface area contributed by atoms with Crippen molar-refractivity contribution < 1.29 is 31.1 Å². The number of allylic oxidation sites excluding steroid dienone is 2. The number of ether oxygens (including phenoxy) is 1. The van der Waals surface area contributed by atoms with Crippen LogP contribution in [0.4, 0.5) is 13.2 Å². The van der Waals surface area contributed by atoms with E-state index in [1.54, 1.807) is 25.1 Å². The second-order valence-electron chi connectivity index (χ2n) is 7.50. The molecule has 0 aliphatic heterocycles. The van der Waals surface area contributed by atoms with Crippen LogP contribution in [0.25, 0.3) is 11.3 Å². The molecule has 34 heavy (non-hydrogen) atoms. The average molecular weight is 521 g/mol. The first-order valence-electron chi connectivity index (χ1n) is 9.77. The quantitative estimate of drug-likeness (QED) is 0.388.